The number of aromatic nitrogens is 4. The number of aryl methyl sites for hydroxylation is 1. The standard InChI is InChI=1S/C25H29N2OSi.C17H17N2.Ir/c1-16-11-12-19-18-9-8-10-20(23(18)28-24(19)27-16)21-13-17(14-25(2,3)4)22(15-26-21)29(5,6)7;1-17(2,3)19-15-12-8-7-11-14(15)18-16(19)13-9-5-4-6-10-13;/h8-9,11-13,15H,14H2,1-7H3;4-9,11-12H,1-3H3;/q2*-1;. The van der Waals surface area contributed by atoms with Gasteiger partial charge in [0.1, 0.15) is 0 Å². The van der Waals surface area contributed by atoms with Crippen molar-refractivity contribution in [1.29, 1.82) is 0 Å². The minimum absolute atomic E-state index is 0. The van der Waals surface area contributed by atoms with Crippen LogP contribution in [0.25, 0.3) is 55.7 Å². The first-order valence-electron chi connectivity index (χ1n) is 16.8. The Balaban J connectivity index is 0.000000203. The zero-order chi connectivity index (χ0) is 34.4. The van der Waals surface area contributed by atoms with Gasteiger partial charge in [-0.3, -0.25) is 4.98 Å². The molecule has 7 aromatic rings. The number of imidazole rings is 1. The van der Waals surface area contributed by atoms with E-state index < -0.39 is 8.07 Å². The molecule has 0 unspecified atom stereocenters. The summed E-state index contributed by atoms with van der Waals surface area (Å²) < 4.78 is 8.47. The van der Waals surface area contributed by atoms with E-state index in [9.17, 15) is 0 Å². The minimum atomic E-state index is -1.49. The van der Waals surface area contributed by atoms with E-state index in [1.165, 1.54) is 16.3 Å². The van der Waals surface area contributed by atoms with Crippen molar-refractivity contribution in [2.24, 2.45) is 5.41 Å². The van der Waals surface area contributed by atoms with Crippen molar-refractivity contribution in [1.82, 2.24) is 19.5 Å². The Hall–Kier alpha value is -3.90. The Morgan fingerprint density at radius 2 is 1.55 bits per heavy atom. The van der Waals surface area contributed by atoms with Gasteiger partial charge in [-0.05, 0) is 74.7 Å². The number of para-hydroxylation sites is 2. The summed E-state index contributed by atoms with van der Waals surface area (Å²) in [5.74, 6) is 0.981. The van der Waals surface area contributed by atoms with E-state index in [1.54, 1.807) is 0 Å². The topological polar surface area (TPSA) is 56.7 Å². The summed E-state index contributed by atoms with van der Waals surface area (Å²) in [6, 6.07) is 33.3. The van der Waals surface area contributed by atoms with Crippen molar-refractivity contribution in [3.05, 3.63) is 108 Å². The summed E-state index contributed by atoms with van der Waals surface area (Å²) in [5, 5.41) is 3.54. The van der Waals surface area contributed by atoms with Crippen molar-refractivity contribution in [3.8, 4) is 22.6 Å². The number of hydrogen-bond donors (Lipinski definition) is 0. The summed E-state index contributed by atoms with van der Waals surface area (Å²) in [5.41, 5.74) is 9.11. The van der Waals surface area contributed by atoms with Gasteiger partial charge in [0, 0.05) is 42.9 Å². The molecular weight excluding hydrogens is 797 g/mol. The van der Waals surface area contributed by atoms with Crippen LogP contribution in [0.4, 0.5) is 0 Å². The maximum atomic E-state index is 6.18. The van der Waals surface area contributed by atoms with Crippen LogP contribution >= 0.6 is 0 Å². The van der Waals surface area contributed by atoms with Crippen LogP contribution in [-0.2, 0) is 32.1 Å². The van der Waals surface area contributed by atoms with E-state index in [2.05, 4.69) is 125 Å². The fraction of sp³-hybridized carbons (Fsp3) is 0.310. The molecule has 0 amide bonds. The van der Waals surface area contributed by atoms with Gasteiger partial charge in [-0.25, -0.2) is 4.98 Å². The van der Waals surface area contributed by atoms with Crippen molar-refractivity contribution in [2.45, 2.75) is 80.1 Å². The van der Waals surface area contributed by atoms with Gasteiger partial charge in [0.15, 0.2) is 0 Å². The molecule has 0 spiro atoms. The normalized spacial score (nSPS) is 12.2. The van der Waals surface area contributed by atoms with E-state index in [4.69, 9.17) is 14.4 Å². The second-order valence-corrected chi connectivity index (χ2v) is 21.0. The molecule has 0 aliphatic rings. The van der Waals surface area contributed by atoms with Gasteiger partial charge in [0.05, 0.1) is 30.5 Å². The van der Waals surface area contributed by atoms with Crippen LogP contribution in [0.15, 0.2) is 89.5 Å². The average molecular weight is 843 g/mol. The fourth-order valence-corrected chi connectivity index (χ4v) is 7.93. The molecule has 0 atom stereocenters. The molecule has 0 saturated heterocycles. The zero-order valence-corrected chi connectivity index (χ0v) is 33.7. The van der Waals surface area contributed by atoms with Crippen molar-refractivity contribution in [2.75, 3.05) is 0 Å². The Bertz CT molecular complexity index is 2230. The molecule has 0 fully saturated rings. The predicted octanol–water partition coefficient (Wildman–Crippen LogP) is 10.5. The van der Waals surface area contributed by atoms with Crippen LogP contribution < -0.4 is 5.19 Å². The van der Waals surface area contributed by atoms with Crippen LogP contribution in [0.5, 0.6) is 0 Å². The quantitative estimate of drug-likeness (QED) is 0.131. The smallest absolute Gasteiger partial charge is 0.216 e. The van der Waals surface area contributed by atoms with E-state index >= 15 is 0 Å². The molecule has 7 heteroatoms. The molecule has 4 heterocycles. The number of fused-ring (bicyclic) bond motifs is 4. The first-order chi connectivity index (χ1) is 22.6. The summed E-state index contributed by atoms with van der Waals surface area (Å²) in [7, 11) is -1.49. The van der Waals surface area contributed by atoms with Crippen LogP contribution in [0.3, 0.4) is 0 Å². The number of pyridine rings is 2. The number of benzene rings is 3. The van der Waals surface area contributed by atoms with E-state index in [1.807, 2.05) is 49.4 Å². The van der Waals surface area contributed by atoms with Gasteiger partial charge < -0.3 is 14.0 Å². The third-order valence-electron chi connectivity index (χ3n) is 8.39. The zero-order valence-electron chi connectivity index (χ0n) is 30.3. The van der Waals surface area contributed by atoms with Gasteiger partial charge in [0.2, 0.25) is 5.71 Å². The largest absolute Gasteiger partial charge is 0.486 e. The molecule has 0 aliphatic heterocycles. The van der Waals surface area contributed by atoms with E-state index in [0.717, 1.165) is 56.6 Å². The maximum absolute atomic E-state index is 6.18. The predicted molar refractivity (Wildman–Crippen MR) is 203 cm³/mol. The van der Waals surface area contributed by atoms with Gasteiger partial charge in [-0.2, -0.15) is 0 Å². The second kappa shape index (κ2) is 13.8. The Kier molecular flexibility index (Phi) is 10.2. The summed E-state index contributed by atoms with van der Waals surface area (Å²) >= 11 is 0. The van der Waals surface area contributed by atoms with Gasteiger partial charge in [-0.1, -0.05) is 75.1 Å². The second-order valence-electron chi connectivity index (χ2n) is 15.9. The van der Waals surface area contributed by atoms with Gasteiger partial charge >= 0.3 is 0 Å². The number of furan rings is 1. The fourth-order valence-electron chi connectivity index (χ4n) is 6.35. The molecule has 0 N–H and O–H groups in total. The molecule has 255 valence electrons. The van der Waals surface area contributed by atoms with E-state index in [-0.39, 0.29) is 31.1 Å². The molecule has 0 saturated carbocycles. The molecule has 0 bridgehead atoms. The maximum Gasteiger partial charge on any atom is 0.216 e. The van der Waals surface area contributed by atoms with Crippen LogP contribution in [0.2, 0.25) is 19.6 Å². The first kappa shape index (κ1) is 36.4. The first-order valence-corrected chi connectivity index (χ1v) is 20.3. The summed E-state index contributed by atoms with van der Waals surface area (Å²) in [6.07, 6.45) is 3.12. The molecule has 5 nitrogen and oxygen atoms in total. The van der Waals surface area contributed by atoms with Crippen LogP contribution in [0.1, 0.15) is 52.8 Å². The van der Waals surface area contributed by atoms with Crippen LogP contribution in [-0.4, -0.2) is 27.6 Å². The van der Waals surface area contributed by atoms with Crippen molar-refractivity contribution < 1.29 is 24.5 Å². The van der Waals surface area contributed by atoms with E-state index in [0.29, 0.717) is 5.71 Å². The number of hydrogen-bond acceptors (Lipinski definition) is 4. The summed E-state index contributed by atoms with van der Waals surface area (Å²) in [4.78, 5) is 14.2. The molecule has 0 aliphatic carbocycles. The molecule has 4 aromatic heterocycles. The van der Waals surface area contributed by atoms with Crippen LogP contribution in [0, 0.1) is 24.5 Å². The van der Waals surface area contributed by atoms with Crippen molar-refractivity contribution >= 4 is 46.4 Å². The SMILES string of the molecule is CC(C)(C)n1c(-c2[c-]cccc2)nc2ccccc21.Cc1ccc2c(n1)oc1c(-c3cc(CC(C)(C)C)c([Si](C)(C)C)cn3)[c-]ccc12.[Ir]. The average Bonchev–Trinajstić information content (AvgIpc) is 3.59. The van der Waals surface area contributed by atoms with Gasteiger partial charge in [0.25, 0.3) is 0 Å². The molecule has 1 radical (unpaired) electrons. The number of nitrogens with zero attached hydrogens (tertiary/aromatic N) is 4. The van der Waals surface area contributed by atoms with Crippen molar-refractivity contribution in [3.63, 3.8) is 0 Å². The molecule has 7 rings (SSSR count). The molecule has 3 aromatic carbocycles. The summed E-state index contributed by atoms with van der Waals surface area (Å²) in [6.45, 7) is 22.6. The Morgan fingerprint density at radius 3 is 2.22 bits per heavy atom. The van der Waals surface area contributed by atoms with Gasteiger partial charge in [-0.15, -0.1) is 54.1 Å². The number of rotatable bonds is 4. The Labute approximate surface area is 305 Å². The third kappa shape index (κ3) is 7.80. The Morgan fingerprint density at radius 1 is 0.816 bits per heavy atom. The molecular formula is C42H46IrN4OSi-2. The molecule has 49 heavy (non-hydrogen) atoms. The third-order valence-corrected chi connectivity index (χ3v) is 10.5. The monoisotopic (exact) mass is 843 g/mol. The minimum Gasteiger partial charge on any atom is -0.486 e.